The van der Waals surface area contributed by atoms with Crippen LogP contribution in [0.1, 0.15) is 43.9 Å². The summed E-state index contributed by atoms with van der Waals surface area (Å²) in [5, 5.41) is 13.5. The molecule has 2 aromatic carbocycles. The van der Waals surface area contributed by atoms with E-state index >= 15 is 0 Å². The Kier molecular flexibility index (Phi) is 5.05. The smallest absolute Gasteiger partial charge is 0.120 e. The fourth-order valence-corrected chi connectivity index (χ4v) is 2.44. The van der Waals surface area contributed by atoms with Gasteiger partial charge in [-0.25, -0.2) is 0 Å². The van der Waals surface area contributed by atoms with Gasteiger partial charge in [0.2, 0.25) is 0 Å². The minimum atomic E-state index is 0.133. The van der Waals surface area contributed by atoms with Crippen LogP contribution in [0.2, 0.25) is 0 Å². The van der Waals surface area contributed by atoms with Crippen LogP contribution in [0.3, 0.4) is 0 Å². The largest absolute Gasteiger partial charge is 0.508 e. The van der Waals surface area contributed by atoms with Crippen molar-refractivity contribution in [3.05, 3.63) is 59.7 Å². The molecule has 0 aliphatic carbocycles. The van der Waals surface area contributed by atoms with Gasteiger partial charge in [-0.2, -0.15) is 0 Å². The molecule has 106 valence electrons. The van der Waals surface area contributed by atoms with Gasteiger partial charge >= 0.3 is 0 Å². The van der Waals surface area contributed by atoms with Gasteiger partial charge in [0, 0.05) is 11.3 Å². The Labute approximate surface area is 121 Å². The fourth-order valence-electron chi connectivity index (χ4n) is 2.44. The number of hydrogen-bond donors (Lipinski definition) is 2. The van der Waals surface area contributed by atoms with Gasteiger partial charge in [0.15, 0.2) is 0 Å². The fraction of sp³-hybridized carbons (Fsp3) is 0.333. The number of phenolic OH excluding ortho intramolecular Hbond substituents is 1. The quantitative estimate of drug-likeness (QED) is 0.781. The maximum Gasteiger partial charge on any atom is 0.120 e. The lowest BCUT2D eigenvalue weighted by molar-refractivity contribution is 0.463. The first-order valence-corrected chi connectivity index (χ1v) is 7.38. The van der Waals surface area contributed by atoms with Crippen molar-refractivity contribution >= 4 is 5.69 Å². The van der Waals surface area contributed by atoms with E-state index < -0.39 is 0 Å². The van der Waals surface area contributed by atoms with Gasteiger partial charge in [-0.05, 0) is 36.6 Å². The van der Waals surface area contributed by atoms with E-state index in [0.29, 0.717) is 5.75 Å². The summed E-state index contributed by atoms with van der Waals surface area (Å²) in [6.45, 7) is 4.31. The van der Waals surface area contributed by atoms with E-state index in [9.17, 15) is 5.11 Å². The summed E-state index contributed by atoms with van der Waals surface area (Å²) >= 11 is 0. The summed E-state index contributed by atoms with van der Waals surface area (Å²) in [5.41, 5.74) is 3.42. The standard InChI is InChI=1S/C18H23NO/c1-3-7-14-10-12-15(13-11-14)19-17(4-2)16-8-5-6-9-18(16)20/h5-6,8-13,17,19-20H,3-4,7H2,1-2H3. The molecule has 20 heavy (non-hydrogen) atoms. The van der Waals surface area contributed by atoms with Crippen molar-refractivity contribution in [1.29, 1.82) is 0 Å². The molecule has 0 bridgehead atoms. The molecule has 0 aliphatic heterocycles. The van der Waals surface area contributed by atoms with Crippen molar-refractivity contribution in [2.24, 2.45) is 0 Å². The molecule has 0 spiro atoms. The maximum absolute atomic E-state index is 9.96. The number of aryl methyl sites for hydroxylation is 1. The van der Waals surface area contributed by atoms with E-state index in [1.807, 2.05) is 18.2 Å². The molecule has 0 radical (unpaired) electrons. The Morgan fingerprint density at radius 3 is 2.30 bits per heavy atom. The van der Waals surface area contributed by atoms with Crippen LogP contribution in [-0.4, -0.2) is 5.11 Å². The molecule has 0 aromatic heterocycles. The van der Waals surface area contributed by atoms with E-state index in [-0.39, 0.29) is 6.04 Å². The van der Waals surface area contributed by atoms with E-state index in [0.717, 1.165) is 24.1 Å². The molecular formula is C18H23NO. The highest BCUT2D eigenvalue weighted by Gasteiger charge is 2.12. The van der Waals surface area contributed by atoms with Crippen LogP contribution in [0, 0.1) is 0 Å². The summed E-state index contributed by atoms with van der Waals surface area (Å²) in [4.78, 5) is 0. The summed E-state index contributed by atoms with van der Waals surface area (Å²) in [5.74, 6) is 0.356. The molecule has 1 atom stereocenters. The Hall–Kier alpha value is -1.96. The van der Waals surface area contributed by atoms with Crippen LogP contribution in [0.25, 0.3) is 0 Å². The molecule has 2 aromatic rings. The van der Waals surface area contributed by atoms with Crippen LogP contribution < -0.4 is 5.32 Å². The van der Waals surface area contributed by atoms with Crippen molar-refractivity contribution in [3.8, 4) is 5.75 Å². The van der Waals surface area contributed by atoms with Gasteiger partial charge in [-0.1, -0.05) is 50.6 Å². The number of nitrogens with one attached hydrogen (secondary N) is 1. The third-order valence-corrected chi connectivity index (χ3v) is 3.55. The molecule has 2 heteroatoms. The summed E-state index contributed by atoms with van der Waals surface area (Å²) in [6.07, 6.45) is 3.22. The monoisotopic (exact) mass is 269 g/mol. The SMILES string of the molecule is CCCc1ccc(NC(CC)c2ccccc2O)cc1. The first-order valence-electron chi connectivity index (χ1n) is 7.38. The molecule has 0 amide bonds. The molecule has 2 nitrogen and oxygen atoms in total. The Bertz CT molecular complexity index is 533. The molecule has 1 unspecified atom stereocenters. The molecule has 2 N–H and O–H groups in total. The Balaban J connectivity index is 2.12. The lowest BCUT2D eigenvalue weighted by Crippen LogP contribution is -2.09. The van der Waals surface area contributed by atoms with E-state index in [4.69, 9.17) is 0 Å². The zero-order valence-corrected chi connectivity index (χ0v) is 12.3. The van der Waals surface area contributed by atoms with Gasteiger partial charge in [0.25, 0.3) is 0 Å². The lowest BCUT2D eigenvalue weighted by Gasteiger charge is -2.20. The third kappa shape index (κ3) is 3.53. The molecule has 0 fully saturated rings. The molecule has 0 aliphatic rings. The van der Waals surface area contributed by atoms with Crippen molar-refractivity contribution < 1.29 is 5.11 Å². The Morgan fingerprint density at radius 1 is 1.00 bits per heavy atom. The summed E-state index contributed by atoms with van der Waals surface area (Å²) in [6, 6.07) is 16.2. The van der Waals surface area contributed by atoms with E-state index in [1.54, 1.807) is 6.07 Å². The normalized spacial score (nSPS) is 12.1. The van der Waals surface area contributed by atoms with Crippen molar-refractivity contribution in [3.63, 3.8) is 0 Å². The number of rotatable bonds is 6. The molecule has 2 rings (SSSR count). The zero-order chi connectivity index (χ0) is 14.4. The van der Waals surface area contributed by atoms with Gasteiger partial charge in [-0.15, -0.1) is 0 Å². The molecular weight excluding hydrogens is 246 g/mol. The van der Waals surface area contributed by atoms with E-state index in [2.05, 4.69) is 43.4 Å². The molecule has 0 heterocycles. The Morgan fingerprint density at radius 2 is 1.70 bits per heavy atom. The van der Waals surface area contributed by atoms with Gasteiger partial charge in [-0.3, -0.25) is 0 Å². The predicted octanol–water partition coefficient (Wildman–Crippen LogP) is 4.91. The summed E-state index contributed by atoms with van der Waals surface area (Å²) in [7, 11) is 0. The number of phenols is 1. The summed E-state index contributed by atoms with van der Waals surface area (Å²) < 4.78 is 0. The maximum atomic E-state index is 9.96. The van der Waals surface area contributed by atoms with Gasteiger partial charge in [0.05, 0.1) is 6.04 Å². The van der Waals surface area contributed by atoms with Crippen molar-refractivity contribution in [2.75, 3.05) is 5.32 Å². The topological polar surface area (TPSA) is 32.3 Å². The minimum absolute atomic E-state index is 0.133. The second kappa shape index (κ2) is 6.99. The van der Waals surface area contributed by atoms with Gasteiger partial charge in [0.1, 0.15) is 5.75 Å². The second-order valence-corrected chi connectivity index (χ2v) is 5.11. The number of aromatic hydroxyl groups is 1. The average molecular weight is 269 g/mol. The highest BCUT2D eigenvalue weighted by molar-refractivity contribution is 5.48. The predicted molar refractivity (Wildman–Crippen MR) is 85.2 cm³/mol. The second-order valence-electron chi connectivity index (χ2n) is 5.11. The highest BCUT2D eigenvalue weighted by atomic mass is 16.3. The highest BCUT2D eigenvalue weighted by Crippen LogP contribution is 2.29. The number of hydrogen-bond acceptors (Lipinski definition) is 2. The van der Waals surface area contributed by atoms with Crippen molar-refractivity contribution in [2.45, 2.75) is 39.2 Å². The lowest BCUT2D eigenvalue weighted by atomic mass is 10.0. The zero-order valence-electron chi connectivity index (χ0n) is 12.3. The van der Waals surface area contributed by atoms with Gasteiger partial charge < -0.3 is 10.4 Å². The van der Waals surface area contributed by atoms with Crippen molar-refractivity contribution in [1.82, 2.24) is 0 Å². The first kappa shape index (κ1) is 14.4. The van der Waals surface area contributed by atoms with Crippen LogP contribution in [-0.2, 0) is 6.42 Å². The number of anilines is 1. The van der Waals surface area contributed by atoms with Crippen LogP contribution in [0.4, 0.5) is 5.69 Å². The third-order valence-electron chi connectivity index (χ3n) is 3.55. The number of para-hydroxylation sites is 1. The first-order chi connectivity index (χ1) is 9.74. The van der Waals surface area contributed by atoms with Crippen LogP contribution in [0.15, 0.2) is 48.5 Å². The molecule has 0 saturated heterocycles. The van der Waals surface area contributed by atoms with Crippen LogP contribution in [0.5, 0.6) is 5.75 Å². The van der Waals surface area contributed by atoms with Crippen LogP contribution >= 0.6 is 0 Å². The number of benzene rings is 2. The van der Waals surface area contributed by atoms with E-state index in [1.165, 1.54) is 12.0 Å². The average Bonchev–Trinajstić information content (AvgIpc) is 2.48. The molecule has 0 saturated carbocycles. The minimum Gasteiger partial charge on any atom is -0.508 e.